The Morgan fingerprint density at radius 2 is 1.82 bits per heavy atom. The van der Waals surface area contributed by atoms with Crippen molar-refractivity contribution in [2.24, 2.45) is 11.7 Å². The van der Waals surface area contributed by atoms with E-state index in [-0.39, 0.29) is 0 Å². The Kier molecular flexibility index (Phi) is 4.48. The second-order valence-electron chi connectivity index (χ2n) is 6.39. The highest BCUT2D eigenvalue weighted by Crippen LogP contribution is 2.41. The highest BCUT2D eigenvalue weighted by atomic mass is 15.3. The van der Waals surface area contributed by atoms with Crippen molar-refractivity contribution in [1.82, 2.24) is 4.90 Å². The van der Waals surface area contributed by atoms with Gasteiger partial charge in [0, 0.05) is 18.1 Å². The standard InChI is InChI=1S/C15H30N2/c1-3-4-11-17(14-5-6-14)15(12-16)9-7-13(2)8-10-15/h13-14H,3-12,16H2,1-2H3. The Bertz CT molecular complexity index is 227. The lowest BCUT2D eigenvalue weighted by Gasteiger charge is -2.48. The molecule has 0 saturated heterocycles. The molecule has 0 bridgehead atoms. The van der Waals surface area contributed by atoms with Crippen molar-refractivity contribution in [2.75, 3.05) is 13.1 Å². The zero-order valence-electron chi connectivity index (χ0n) is 11.8. The molecule has 2 heteroatoms. The fourth-order valence-electron chi connectivity index (χ4n) is 3.43. The topological polar surface area (TPSA) is 29.3 Å². The summed E-state index contributed by atoms with van der Waals surface area (Å²) in [6.45, 7) is 6.85. The Balaban J connectivity index is 2.02. The van der Waals surface area contributed by atoms with Crippen LogP contribution in [0.1, 0.15) is 65.2 Å². The number of rotatable bonds is 6. The van der Waals surface area contributed by atoms with Crippen LogP contribution >= 0.6 is 0 Å². The van der Waals surface area contributed by atoms with Gasteiger partial charge in [0.2, 0.25) is 0 Å². The van der Waals surface area contributed by atoms with Crippen LogP contribution in [0.4, 0.5) is 0 Å². The van der Waals surface area contributed by atoms with Crippen molar-refractivity contribution in [3.05, 3.63) is 0 Å². The molecule has 0 amide bonds. The maximum atomic E-state index is 6.18. The van der Waals surface area contributed by atoms with E-state index < -0.39 is 0 Å². The summed E-state index contributed by atoms with van der Waals surface area (Å²) in [5.41, 5.74) is 6.54. The minimum Gasteiger partial charge on any atom is -0.329 e. The van der Waals surface area contributed by atoms with Gasteiger partial charge >= 0.3 is 0 Å². The highest BCUT2D eigenvalue weighted by molar-refractivity contribution is 5.01. The van der Waals surface area contributed by atoms with Crippen molar-refractivity contribution in [3.8, 4) is 0 Å². The smallest absolute Gasteiger partial charge is 0.0334 e. The van der Waals surface area contributed by atoms with E-state index in [1.165, 1.54) is 57.9 Å². The van der Waals surface area contributed by atoms with Crippen LogP contribution in [0.15, 0.2) is 0 Å². The summed E-state index contributed by atoms with van der Waals surface area (Å²) in [7, 11) is 0. The lowest BCUT2D eigenvalue weighted by molar-refractivity contribution is 0.0362. The number of nitrogens with zero attached hydrogens (tertiary/aromatic N) is 1. The normalized spacial score (nSPS) is 34.2. The second-order valence-corrected chi connectivity index (χ2v) is 6.39. The van der Waals surface area contributed by atoms with Crippen LogP contribution in [-0.4, -0.2) is 29.6 Å². The van der Waals surface area contributed by atoms with Gasteiger partial charge in [0.05, 0.1) is 0 Å². The van der Waals surface area contributed by atoms with Crippen LogP contribution < -0.4 is 5.73 Å². The van der Waals surface area contributed by atoms with E-state index in [1.807, 2.05) is 0 Å². The van der Waals surface area contributed by atoms with Gasteiger partial charge in [-0.1, -0.05) is 20.3 Å². The minimum atomic E-state index is 0.364. The SMILES string of the molecule is CCCCN(C1CC1)C1(CN)CCC(C)CC1. The Morgan fingerprint density at radius 3 is 2.29 bits per heavy atom. The van der Waals surface area contributed by atoms with Gasteiger partial charge in [-0.15, -0.1) is 0 Å². The summed E-state index contributed by atoms with van der Waals surface area (Å²) < 4.78 is 0. The van der Waals surface area contributed by atoms with Crippen LogP contribution in [0, 0.1) is 5.92 Å². The van der Waals surface area contributed by atoms with Crippen molar-refractivity contribution < 1.29 is 0 Å². The van der Waals surface area contributed by atoms with E-state index in [4.69, 9.17) is 5.73 Å². The molecule has 0 spiro atoms. The molecule has 0 atom stereocenters. The Labute approximate surface area is 107 Å². The van der Waals surface area contributed by atoms with Crippen molar-refractivity contribution in [2.45, 2.75) is 76.8 Å². The molecule has 2 fully saturated rings. The van der Waals surface area contributed by atoms with E-state index in [0.29, 0.717) is 5.54 Å². The van der Waals surface area contributed by atoms with Crippen molar-refractivity contribution in [1.29, 1.82) is 0 Å². The van der Waals surface area contributed by atoms with Gasteiger partial charge < -0.3 is 5.73 Å². The molecule has 100 valence electrons. The molecule has 2 aliphatic carbocycles. The fourth-order valence-corrected chi connectivity index (χ4v) is 3.43. The molecule has 2 rings (SSSR count). The van der Waals surface area contributed by atoms with Crippen molar-refractivity contribution in [3.63, 3.8) is 0 Å². The van der Waals surface area contributed by atoms with Crippen LogP contribution in [0.2, 0.25) is 0 Å². The van der Waals surface area contributed by atoms with Crippen molar-refractivity contribution >= 4 is 0 Å². The third-order valence-corrected chi connectivity index (χ3v) is 4.93. The first-order chi connectivity index (χ1) is 8.22. The molecule has 0 heterocycles. The summed E-state index contributed by atoms with van der Waals surface area (Å²) in [5, 5.41) is 0. The van der Waals surface area contributed by atoms with E-state index in [2.05, 4.69) is 18.7 Å². The van der Waals surface area contributed by atoms with Gasteiger partial charge in [0.1, 0.15) is 0 Å². The zero-order chi connectivity index (χ0) is 12.3. The first kappa shape index (κ1) is 13.4. The molecular formula is C15H30N2. The monoisotopic (exact) mass is 238 g/mol. The predicted octanol–water partition coefficient (Wildman–Crippen LogP) is 3.16. The van der Waals surface area contributed by atoms with E-state index in [0.717, 1.165) is 18.5 Å². The van der Waals surface area contributed by atoms with Crippen LogP contribution in [0.25, 0.3) is 0 Å². The van der Waals surface area contributed by atoms with Gasteiger partial charge in [-0.05, 0) is 57.4 Å². The molecule has 0 aromatic carbocycles. The lowest BCUT2D eigenvalue weighted by Crippen LogP contribution is -2.56. The van der Waals surface area contributed by atoms with Gasteiger partial charge in [0.25, 0.3) is 0 Å². The van der Waals surface area contributed by atoms with E-state index >= 15 is 0 Å². The predicted molar refractivity (Wildman–Crippen MR) is 74.1 cm³/mol. The second kappa shape index (κ2) is 5.71. The molecule has 0 unspecified atom stereocenters. The third-order valence-electron chi connectivity index (χ3n) is 4.93. The van der Waals surface area contributed by atoms with Gasteiger partial charge in [0.15, 0.2) is 0 Å². The molecule has 2 aliphatic rings. The zero-order valence-corrected chi connectivity index (χ0v) is 11.8. The average Bonchev–Trinajstić information content (AvgIpc) is 3.17. The molecule has 0 aromatic heterocycles. The largest absolute Gasteiger partial charge is 0.329 e. The van der Waals surface area contributed by atoms with Crippen LogP contribution in [0.3, 0.4) is 0 Å². The maximum absolute atomic E-state index is 6.18. The van der Waals surface area contributed by atoms with Gasteiger partial charge in [-0.3, -0.25) is 4.90 Å². The molecule has 17 heavy (non-hydrogen) atoms. The number of unbranched alkanes of at least 4 members (excludes halogenated alkanes) is 1. The van der Waals surface area contributed by atoms with Gasteiger partial charge in [-0.25, -0.2) is 0 Å². The number of hydrogen-bond acceptors (Lipinski definition) is 2. The molecular weight excluding hydrogens is 208 g/mol. The summed E-state index contributed by atoms with van der Waals surface area (Å²) >= 11 is 0. The quantitative estimate of drug-likeness (QED) is 0.770. The molecule has 2 saturated carbocycles. The summed E-state index contributed by atoms with van der Waals surface area (Å²) in [6.07, 6.45) is 10.9. The summed E-state index contributed by atoms with van der Waals surface area (Å²) in [5.74, 6) is 0.918. The maximum Gasteiger partial charge on any atom is 0.0334 e. The van der Waals surface area contributed by atoms with Crippen LogP contribution in [0.5, 0.6) is 0 Å². The van der Waals surface area contributed by atoms with Gasteiger partial charge in [-0.2, -0.15) is 0 Å². The highest BCUT2D eigenvalue weighted by Gasteiger charge is 2.44. The third kappa shape index (κ3) is 3.03. The first-order valence-corrected chi connectivity index (χ1v) is 7.68. The summed E-state index contributed by atoms with van der Waals surface area (Å²) in [4.78, 5) is 2.81. The number of hydrogen-bond donors (Lipinski definition) is 1. The molecule has 0 aromatic rings. The molecule has 2 nitrogen and oxygen atoms in total. The molecule has 0 aliphatic heterocycles. The lowest BCUT2D eigenvalue weighted by atomic mass is 9.75. The van der Waals surface area contributed by atoms with E-state index in [9.17, 15) is 0 Å². The van der Waals surface area contributed by atoms with Crippen LogP contribution in [-0.2, 0) is 0 Å². The van der Waals surface area contributed by atoms with E-state index in [1.54, 1.807) is 0 Å². The Hall–Kier alpha value is -0.0800. The number of nitrogens with two attached hydrogens (primary N) is 1. The summed E-state index contributed by atoms with van der Waals surface area (Å²) in [6, 6.07) is 0.874. The fraction of sp³-hybridized carbons (Fsp3) is 1.00. The Morgan fingerprint density at radius 1 is 1.18 bits per heavy atom. The first-order valence-electron chi connectivity index (χ1n) is 7.68. The molecule has 2 N–H and O–H groups in total. The molecule has 0 radical (unpaired) electrons. The minimum absolute atomic E-state index is 0.364. The average molecular weight is 238 g/mol.